The Morgan fingerprint density at radius 3 is 1.33 bits per heavy atom. The van der Waals surface area contributed by atoms with Crippen LogP contribution < -0.4 is 37.1 Å². The molecule has 8 rings (SSSR count). The summed E-state index contributed by atoms with van der Waals surface area (Å²) in [4.78, 5) is 104. The van der Waals surface area contributed by atoms with E-state index < -0.39 is 119 Å². The van der Waals surface area contributed by atoms with E-state index in [1.807, 2.05) is 0 Å². The number of benzene rings is 3. The number of hydrogen-bond donors (Lipinski definition) is 5. The highest BCUT2D eigenvalue weighted by molar-refractivity contribution is 6.01. The van der Waals surface area contributed by atoms with Crippen molar-refractivity contribution >= 4 is 65.0 Å². The molecule has 2 aromatic heterocycles. The van der Waals surface area contributed by atoms with Crippen molar-refractivity contribution < 1.29 is 107 Å². The summed E-state index contributed by atoms with van der Waals surface area (Å²) in [6, 6.07) is 6.62. The van der Waals surface area contributed by atoms with E-state index in [1.165, 1.54) is 14.7 Å². The predicted molar refractivity (Wildman–Crippen MR) is 329 cm³/mol. The van der Waals surface area contributed by atoms with Crippen LogP contribution in [0.1, 0.15) is 146 Å². The molecule has 9 N–H and O–H groups in total. The van der Waals surface area contributed by atoms with Crippen molar-refractivity contribution in [1.29, 1.82) is 0 Å². The van der Waals surface area contributed by atoms with E-state index in [0.717, 1.165) is 49.1 Å². The lowest BCUT2D eigenvalue weighted by Crippen LogP contribution is -2.36. The maximum atomic E-state index is 13.9. The normalized spacial score (nSPS) is 16.6. The fourth-order valence-electron chi connectivity index (χ4n) is 9.96. The van der Waals surface area contributed by atoms with Gasteiger partial charge < -0.3 is 71.2 Å². The number of nitrogens with two attached hydrogens (primary N) is 4. The molecular weight excluding hydrogens is 1310 g/mol. The van der Waals surface area contributed by atoms with Gasteiger partial charge in [-0.25, -0.2) is 39.1 Å². The van der Waals surface area contributed by atoms with Crippen molar-refractivity contribution in [3.63, 3.8) is 0 Å². The molecule has 0 aliphatic carbocycles. The second-order valence-corrected chi connectivity index (χ2v) is 25.7. The van der Waals surface area contributed by atoms with Gasteiger partial charge in [0.25, 0.3) is 6.47 Å². The molecule has 0 radical (unpaired) electrons. The number of nitrogens with zero attached hydrogens (tertiary/aromatic N) is 7. The van der Waals surface area contributed by atoms with Crippen LogP contribution in [0.25, 0.3) is 0 Å². The Kier molecular flexibility index (Phi) is 23.9. The van der Waals surface area contributed by atoms with Crippen LogP contribution in [0.5, 0.6) is 17.4 Å². The first-order valence-corrected chi connectivity index (χ1v) is 29.8. The third kappa shape index (κ3) is 22.3. The van der Waals surface area contributed by atoms with Gasteiger partial charge in [-0.05, 0) is 135 Å². The van der Waals surface area contributed by atoms with Gasteiger partial charge in [0, 0.05) is 69.2 Å². The van der Waals surface area contributed by atoms with Crippen LogP contribution in [0.15, 0.2) is 61.2 Å². The zero-order chi connectivity index (χ0) is 72.5. The molecule has 34 heteroatoms. The van der Waals surface area contributed by atoms with Crippen LogP contribution in [0.3, 0.4) is 0 Å². The van der Waals surface area contributed by atoms with E-state index in [-0.39, 0.29) is 120 Å². The van der Waals surface area contributed by atoms with E-state index in [0.29, 0.717) is 38.1 Å². The van der Waals surface area contributed by atoms with Crippen LogP contribution in [-0.2, 0) is 56.8 Å². The van der Waals surface area contributed by atoms with Gasteiger partial charge in [-0.3, -0.25) is 14.4 Å². The van der Waals surface area contributed by atoms with Crippen LogP contribution in [-0.4, -0.2) is 150 Å². The van der Waals surface area contributed by atoms with E-state index in [9.17, 15) is 73.1 Å². The maximum Gasteiger partial charge on any atom is 0.416 e. The lowest BCUT2D eigenvalue weighted by atomic mass is 9.89. The summed E-state index contributed by atoms with van der Waals surface area (Å²) in [6.45, 7) is 17.2. The van der Waals surface area contributed by atoms with Crippen LogP contribution >= 0.6 is 0 Å². The van der Waals surface area contributed by atoms with Gasteiger partial charge in [-0.15, -0.1) is 0 Å². The topological polar surface area (TPSA) is 360 Å². The van der Waals surface area contributed by atoms with Gasteiger partial charge in [0.2, 0.25) is 5.88 Å². The average Bonchev–Trinajstić information content (AvgIpc) is 1.36. The van der Waals surface area contributed by atoms with Gasteiger partial charge >= 0.3 is 42.8 Å². The summed E-state index contributed by atoms with van der Waals surface area (Å²) in [5, 5.41) is 8.44. The molecule has 3 fully saturated rings. The number of ether oxygens (including phenoxy) is 6. The third-order valence-corrected chi connectivity index (χ3v) is 14.3. The van der Waals surface area contributed by atoms with Crippen LogP contribution in [0.2, 0.25) is 0 Å². The molecule has 3 atom stereocenters. The number of amides is 3. The van der Waals surface area contributed by atoms with E-state index in [2.05, 4.69) is 24.7 Å². The fourth-order valence-corrected chi connectivity index (χ4v) is 9.96. The zero-order valence-electron chi connectivity index (χ0n) is 54.2. The number of hydrogen-bond acceptors (Lipinski definition) is 21. The molecule has 25 nitrogen and oxygen atoms in total. The molecule has 3 saturated heterocycles. The minimum absolute atomic E-state index is 0.00374. The minimum Gasteiger partial charge on any atom is -0.486 e. The van der Waals surface area contributed by atoms with Gasteiger partial charge in [-0.2, -0.15) is 39.5 Å². The summed E-state index contributed by atoms with van der Waals surface area (Å²) >= 11 is 0. The number of carboxylic acids is 1. The molecule has 3 aliphatic heterocycles. The van der Waals surface area contributed by atoms with Crippen LogP contribution in [0, 0.1) is 5.92 Å². The summed E-state index contributed by atoms with van der Waals surface area (Å²) < 4.78 is 154. The Labute approximate surface area is 550 Å². The quantitative estimate of drug-likeness (QED) is 0.0214. The molecule has 0 saturated carbocycles. The zero-order valence-corrected chi connectivity index (χ0v) is 54.2. The molecule has 528 valence electrons. The lowest BCUT2D eigenvalue weighted by Gasteiger charge is -2.24. The summed E-state index contributed by atoms with van der Waals surface area (Å²) in [5.74, 6) is -3.35. The number of anilines is 4. The summed E-state index contributed by atoms with van der Waals surface area (Å²) in [6.07, 6.45) is -14.9. The van der Waals surface area contributed by atoms with Crippen molar-refractivity contribution in [2.75, 3.05) is 62.2 Å². The monoisotopic (exact) mass is 1380 g/mol. The number of carbonyl (C=O) groups is 7. The highest BCUT2D eigenvalue weighted by Gasteiger charge is 2.39. The van der Waals surface area contributed by atoms with Crippen molar-refractivity contribution in [3.8, 4) is 17.4 Å². The first-order valence-electron chi connectivity index (χ1n) is 29.8. The van der Waals surface area contributed by atoms with E-state index in [4.69, 9.17) is 51.7 Å². The number of carbonyl (C=O) groups excluding carboxylic acids is 6. The number of halogens is 9. The van der Waals surface area contributed by atoms with Crippen molar-refractivity contribution in [1.82, 2.24) is 34.6 Å². The number of likely N-dealkylation sites (tertiary alicyclic amines) is 3. The largest absolute Gasteiger partial charge is 0.486 e. The van der Waals surface area contributed by atoms with E-state index in [1.54, 1.807) is 62.3 Å². The second kappa shape index (κ2) is 30.4. The standard InChI is InChI=1S/C41H48F6N6O7.C16H22F3N3O3.C6H4N2O4/c1-38(2,3)59-36(56)52-9-7-22(19-52)11-28-23(12-25(16-29(28)48)40(42,43)44)14-33(54)31-18-32(51-21-50-31)34(55)15-24-13-26(41(45,46)47)17-30(49)35(24)58-27-8-10-53(20-27)37(57)60-39(4,5)6;1-15(2,3)25-14(23)22-5-4-10(8-22)24-13-11(20)6-9(7-12(13)21)16(17,18)19;9-3-12-5-1-4(6(10)11)7-2-8-5/h12-13,16-18,21-22,27H,7-11,14-15,19-20,48-49H2,1-6H3;6-7,10H,4-5,8,20-21H2,1-3H3;1-3H,(H,10,11)/t22-,27+;10-;/m01./s1. The Bertz CT molecular complexity index is 3550. The number of aromatic carboxylic acids is 1. The van der Waals surface area contributed by atoms with Gasteiger partial charge in [0.15, 0.2) is 23.0 Å². The first-order chi connectivity index (χ1) is 44.8. The van der Waals surface area contributed by atoms with Crippen molar-refractivity contribution in [2.24, 2.45) is 5.92 Å². The molecule has 0 bridgehead atoms. The Hall–Kier alpha value is -9.92. The molecule has 3 amide bonds. The van der Waals surface area contributed by atoms with Crippen LogP contribution in [0.4, 0.5) is 76.6 Å². The number of Topliss-reactive ketones (excluding diaryl/α,β-unsaturated/α-hetero) is 2. The Morgan fingerprint density at radius 2 is 0.887 bits per heavy atom. The molecule has 5 aromatic rings. The minimum atomic E-state index is -4.85. The number of alkyl halides is 9. The van der Waals surface area contributed by atoms with Crippen molar-refractivity contribution in [2.45, 2.75) is 148 Å². The van der Waals surface area contributed by atoms with Gasteiger partial charge in [0.05, 0.1) is 46.8 Å². The number of nitrogen functional groups attached to an aromatic ring is 4. The van der Waals surface area contributed by atoms with Crippen molar-refractivity contribution in [3.05, 3.63) is 112 Å². The third-order valence-electron chi connectivity index (χ3n) is 14.3. The number of carboxylic acid groups (broad SMARTS) is 1. The SMILES string of the molecule is CC(C)(C)OC(=O)N1CC[C@@H](Cc2c(N)cc(C(F)(F)F)cc2CC(=O)c2cc(C(=O)Cc3cc(C(F)(F)F)cc(N)c3O[C@@H]3CCN(C(=O)OC(C)(C)C)C3)ncn2)C1.CC(C)(C)OC(=O)N1CC[C@@H](Oc2c(N)cc(C(F)(F)F)cc2N)C1.O=COc1cc(C(=O)O)ncn1. The second-order valence-electron chi connectivity index (χ2n) is 25.7. The Morgan fingerprint density at radius 1 is 0.505 bits per heavy atom. The maximum absolute atomic E-state index is 13.9. The molecular formula is C63H74F9N11O14. The number of aromatic nitrogens is 4. The molecule has 3 aliphatic rings. The first kappa shape index (κ1) is 76.1. The molecule has 0 spiro atoms. The smallest absolute Gasteiger partial charge is 0.416 e. The van der Waals surface area contributed by atoms with Gasteiger partial charge in [0.1, 0.15) is 58.8 Å². The van der Waals surface area contributed by atoms with E-state index >= 15 is 0 Å². The fraction of sp³-hybridized carbons (Fsp3) is 0.476. The number of ketones is 2. The average molecular weight is 1380 g/mol. The highest BCUT2D eigenvalue weighted by Crippen LogP contribution is 2.41. The Balaban J connectivity index is 0.000000325. The summed E-state index contributed by atoms with van der Waals surface area (Å²) in [5.41, 5.74) is 16.4. The lowest BCUT2D eigenvalue weighted by molar-refractivity contribution is -0.138. The predicted octanol–water partition coefficient (Wildman–Crippen LogP) is 10.7. The molecule has 0 unspecified atom stereocenters. The summed E-state index contributed by atoms with van der Waals surface area (Å²) in [7, 11) is 0. The molecule has 3 aromatic carbocycles. The number of rotatable bonds is 15. The molecule has 5 heterocycles. The van der Waals surface area contributed by atoms with Gasteiger partial charge in [-0.1, -0.05) is 0 Å². The molecule has 97 heavy (non-hydrogen) atoms. The highest BCUT2D eigenvalue weighted by atomic mass is 19.4.